The topological polar surface area (TPSA) is 6.48 Å². The van der Waals surface area contributed by atoms with Gasteiger partial charge in [-0.15, -0.1) is 11.3 Å². The van der Waals surface area contributed by atoms with Gasteiger partial charge >= 0.3 is 0 Å². The van der Waals surface area contributed by atoms with Crippen LogP contribution in [0.4, 0.5) is 34.1 Å². The van der Waals surface area contributed by atoms with Gasteiger partial charge in [-0.05, 0) is 94.9 Å². The predicted octanol–water partition coefficient (Wildman–Crippen LogP) is 13.8. The summed E-state index contributed by atoms with van der Waals surface area (Å²) in [5.74, 6) is 0. The van der Waals surface area contributed by atoms with Crippen LogP contribution >= 0.6 is 11.3 Å². The lowest BCUT2D eigenvalue weighted by atomic mass is 9.91. The second-order valence-corrected chi connectivity index (χ2v) is 13.7. The van der Waals surface area contributed by atoms with Gasteiger partial charge in [0.2, 0.25) is 0 Å². The van der Waals surface area contributed by atoms with Crippen LogP contribution in [0.15, 0.2) is 182 Å². The van der Waals surface area contributed by atoms with E-state index in [1.54, 1.807) is 0 Å². The number of para-hydroxylation sites is 1. The first-order valence-corrected chi connectivity index (χ1v) is 17.5. The van der Waals surface area contributed by atoms with Crippen LogP contribution in [0.5, 0.6) is 0 Å². The first-order chi connectivity index (χ1) is 24.3. The zero-order valence-electron chi connectivity index (χ0n) is 26.6. The Kier molecular flexibility index (Phi) is 6.39. The summed E-state index contributed by atoms with van der Waals surface area (Å²) in [6, 6.07) is 66.2. The third-order valence-corrected chi connectivity index (χ3v) is 10.9. The van der Waals surface area contributed by atoms with Crippen LogP contribution in [0.1, 0.15) is 0 Å². The van der Waals surface area contributed by atoms with E-state index in [-0.39, 0.29) is 0 Å². The number of thiophene rings is 1. The average Bonchev–Trinajstić information content (AvgIpc) is 3.54. The summed E-state index contributed by atoms with van der Waals surface area (Å²) in [5.41, 5.74) is 11.9. The lowest BCUT2D eigenvalue weighted by Crippen LogP contribution is -2.15. The Morgan fingerprint density at radius 2 is 1.02 bits per heavy atom. The molecular weight excluding hydrogens is 613 g/mol. The van der Waals surface area contributed by atoms with Gasteiger partial charge < -0.3 is 9.80 Å². The number of fused-ring (bicyclic) bond motifs is 5. The van der Waals surface area contributed by atoms with Gasteiger partial charge in [0.25, 0.3) is 0 Å². The Balaban J connectivity index is 1.11. The molecule has 8 aromatic carbocycles. The van der Waals surface area contributed by atoms with Gasteiger partial charge in [0.05, 0.1) is 11.4 Å². The van der Waals surface area contributed by atoms with E-state index in [1.807, 2.05) is 11.3 Å². The molecule has 0 atom stereocenters. The van der Waals surface area contributed by atoms with Gasteiger partial charge in [0, 0.05) is 53.9 Å². The Morgan fingerprint density at radius 3 is 1.86 bits per heavy atom. The number of hydrogen-bond acceptors (Lipinski definition) is 3. The van der Waals surface area contributed by atoms with Gasteiger partial charge in [-0.1, -0.05) is 109 Å². The van der Waals surface area contributed by atoms with Crippen LogP contribution < -0.4 is 9.80 Å². The molecule has 10 rings (SSSR count). The zero-order chi connectivity index (χ0) is 32.3. The molecule has 0 radical (unpaired) electrons. The maximum absolute atomic E-state index is 2.41. The fourth-order valence-electron chi connectivity index (χ4n) is 7.52. The lowest BCUT2D eigenvalue weighted by molar-refractivity contribution is 1.26. The summed E-state index contributed by atoms with van der Waals surface area (Å²) >= 11 is 1.85. The molecule has 0 aliphatic carbocycles. The lowest BCUT2D eigenvalue weighted by Gasteiger charge is -2.34. The van der Waals surface area contributed by atoms with Gasteiger partial charge in [0.1, 0.15) is 0 Å². The van der Waals surface area contributed by atoms with Gasteiger partial charge in [0.15, 0.2) is 0 Å². The largest absolute Gasteiger partial charge is 0.310 e. The molecule has 0 amide bonds. The minimum absolute atomic E-state index is 1.11. The molecule has 0 N–H and O–H groups in total. The number of anilines is 6. The Hall–Kier alpha value is -6.16. The van der Waals surface area contributed by atoms with Crippen molar-refractivity contribution in [1.29, 1.82) is 0 Å². The minimum Gasteiger partial charge on any atom is -0.310 e. The van der Waals surface area contributed by atoms with Crippen LogP contribution in [-0.4, -0.2) is 0 Å². The van der Waals surface area contributed by atoms with Crippen molar-refractivity contribution in [3.63, 3.8) is 0 Å². The molecule has 0 spiro atoms. The van der Waals surface area contributed by atoms with Crippen molar-refractivity contribution in [3.05, 3.63) is 182 Å². The molecule has 1 aromatic heterocycles. The maximum Gasteiger partial charge on any atom is 0.0546 e. The van der Waals surface area contributed by atoms with E-state index in [2.05, 4.69) is 192 Å². The van der Waals surface area contributed by atoms with E-state index in [1.165, 1.54) is 64.6 Å². The predicted molar refractivity (Wildman–Crippen MR) is 211 cm³/mol. The van der Waals surface area contributed by atoms with Gasteiger partial charge in [-0.25, -0.2) is 0 Å². The van der Waals surface area contributed by atoms with E-state index in [4.69, 9.17) is 0 Å². The first-order valence-electron chi connectivity index (χ1n) is 16.7. The summed E-state index contributed by atoms with van der Waals surface area (Å²) in [5, 5.41) is 5.14. The van der Waals surface area contributed by atoms with Crippen molar-refractivity contribution in [3.8, 4) is 22.3 Å². The van der Waals surface area contributed by atoms with Crippen LogP contribution in [0.25, 0.3) is 53.2 Å². The fourth-order valence-corrected chi connectivity index (χ4v) is 8.61. The second-order valence-electron chi connectivity index (χ2n) is 12.6. The summed E-state index contributed by atoms with van der Waals surface area (Å²) < 4.78 is 2.62. The molecule has 1 aliphatic heterocycles. The van der Waals surface area contributed by atoms with Crippen molar-refractivity contribution in [1.82, 2.24) is 0 Å². The molecule has 49 heavy (non-hydrogen) atoms. The van der Waals surface area contributed by atoms with E-state index in [0.717, 1.165) is 22.7 Å². The fraction of sp³-hybridized carbons (Fsp3) is 0. The molecule has 2 heterocycles. The molecule has 2 nitrogen and oxygen atoms in total. The molecule has 0 unspecified atom stereocenters. The van der Waals surface area contributed by atoms with E-state index in [0.29, 0.717) is 0 Å². The van der Waals surface area contributed by atoms with E-state index in [9.17, 15) is 0 Å². The standard InChI is InChI=1S/C46H30N2S/c1-2-10-31(11-3-1)32-20-22-34(23-21-32)47(37-28-29-45-41(30-37)39-15-5-7-19-44(39)49-45)35-24-26-36(27-25-35)48-42-17-6-4-14-38(42)40-16-8-12-33-13-9-18-43(48)46(33)40/h1-30H. The van der Waals surface area contributed by atoms with Crippen LogP contribution in [0.3, 0.4) is 0 Å². The molecule has 230 valence electrons. The van der Waals surface area contributed by atoms with E-state index >= 15 is 0 Å². The maximum atomic E-state index is 2.41. The highest BCUT2D eigenvalue weighted by Gasteiger charge is 2.25. The number of rotatable bonds is 5. The third-order valence-electron chi connectivity index (χ3n) is 9.78. The molecule has 9 aromatic rings. The zero-order valence-corrected chi connectivity index (χ0v) is 27.4. The summed E-state index contributed by atoms with van der Waals surface area (Å²) in [6.45, 7) is 0. The quantitative estimate of drug-likeness (QED) is 0.184. The van der Waals surface area contributed by atoms with Gasteiger partial charge in [-0.3, -0.25) is 0 Å². The Labute approximate surface area is 289 Å². The van der Waals surface area contributed by atoms with E-state index < -0.39 is 0 Å². The Morgan fingerprint density at radius 1 is 0.408 bits per heavy atom. The number of nitrogens with zero attached hydrogens (tertiary/aromatic N) is 2. The molecule has 3 heteroatoms. The average molecular weight is 643 g/mol. The van der Waals surface area contributed by atoms with Crippen molar-refractivity contribution >= 4 is 76.4 Å². The molecular formula is C46H30N2S. The van der Waals surface area contributed by atoms with Crippen LogP contribution in [-0.2, 0) is 0 Å². The first kappa shape index (κ1) is 27.9. The van der Waals surface area contributed by atoms with Crippen molar-refractivity contribution in [2.45, 2.75) is 0 Å². The number of hydrogen-bond donors (Lipinski definition) is 0. The highest BCUT2D eigenvalue weighted by Crippen LogP contribution is 2.51. The van der Waals surface area contributed by atoms with Crippen molar-refractivity contribution < 1.29 is 0 Å². The normalized spacial score (nSPS) is 12.0. The molecule has 0 saturated heterocycles. The summed E-state index contributed by atoms with van der Waals surface area (Å²) in [7, 11) is 0. The Bertz CT molecular complexity index is 2650. The van der Waals surface area contributed by atoms with Gasteiger partial charge in [-0.2, -0.15) is 0 Å². The van der Waals surface area contributed by atoms with Crippen molar-refractivity contribution in [2.75, 3.05) is 9.80 Å². The SMILES string of the molecule is c1ccc(-c2ccc(N(c3ccc(N4c5ccccc5-c5cccc6cccc4c56)cc3)c3ccc4sc5ccccc5c4c3)cc2)cc1. The number of benzene rings is 8. The smallest absolute Gasteiger partial charge is 0.0546 e. The summed E-state index contributed by atoms with van der Waals surface area (Å²) in [6.07, 6.45) is 0. The summed E-state index contributed by atoms with van der Waals surface area (Å²) in [4.78, 5) is 4.79. The third kappa shape index (κ3) is 4.55. The molecule has 1 aliphatic rings. The molecule has 0 fully saturated rings. The minimum atomic E-state index is 1.11. The molecule has 0 saturated carbocycles. The molecule has 0 bridgehead atoms. The highest BCUT2D eigenvalue weighted by molar-refractivity contribution is 7.25. The monoisotopic (exact) mass is 642 g/mol. The second kappa shape index (κ2) is 11.2. The highest BCUT2D eigenvalue weighted by atomic mass is 32.1. The van der Waals surface area contributed by atoms with Crippen molar-refractivity contribution in [2.24, 2.45) is 0 Å². The van der Waals surface area contributed by atoms with Crippen LogP contribution in [0, 0.1) is 0 Å². The van der Waals surface area contributed by atoms with Crippen LogP contribution in [0.2, 0.25) is 0 Å².